The smallest absolute Gasteiger partial charge is 0.243 e. The lowest BCUT2D eigenvalue weighted by atomic mass is 10.0. The van der Waals surface area contributed by atoms with Crippen LogP contribution in [-0.4, -0.2) is 32.2 Å². The van der Waals surface area contributed by atoms with E-state index in [0.717, 1.165) is 21.5 Å². The summed E-state index contributed by atoms with van der Waals surface area (Å²) in [5.41, 5.74) is 2.16. The Balaban J connectivity index is 2.29. The average molecular weight is 414 g/mol. The SMILES string of the molecule is Cc1cc(C)c(C)c(S(=O)(=O)N(C)CC(=O)Nc2ccc(F)c(F)c2F)c1C. The number of hydrogen-bond donors (Lipinski definition) is 1. The summed E-state index contributed by atoms with van der Waals surface area (Å²) in [5, 5.41) is 2.06. The lowest BCUT2D eigenvalue weighted by Crippen LogP contribution is -2.36. The van der Waals surface area contributed by atoms with Crippen LogP contribution in [0.25, 0.3) is 0 Å². The molecule has 2 aromatic rings. The first-order valence-corrected chi connectivity index (χ1v) is 9.79. The molecule has 1 amide bonds. The molecule has 0 radical (unpaired) electrons. The van der Waals surface area contributed by atoms with Crippen molar-refractivity contribution in [2.75, 3.05) is 18.9 Å². The molecule has 0 saturated carbocycles. The van der Waals surface area contributed by atoms with Crippen LogP contribution in [0.3, 0.4) is 0 Å². The van der Waals surface area contributed by atoms with E-state index in [0.29, 0.717) is 17.2 Å². The van der Waals surface area contributed by atoms with Crippen molar-refractivity contribution >= 4 is 21.6 Å². The molecule has 5 nitrogen and oxygen atoms in total. The minimum absolute atomic E-state index is 0.110. The van der Waals surface area contributed by atoms with Crippen molar-refractivity contribution < 1.29 is 26.4 Å². The molecule has 0 aromatic heterocycles. The fourth-order valence-corrected chi connectivity index (χ4v) is 4.52. The molecule has 2 aromatic carbocycles. The lowest BCUT2D eigenvalue weighted by molar-refractivity contribution is -0.116. The van der Waals surface area contributed by atoms with Crippen molar-refractivity contribution in [1.82, 2.24) is 4.31 Å². The second kappa shape index (κ2) is 7.92. The Kier molecular flexibility index (Phi) is 6.20. The number of rotatable bonds is 5. The zero-order chi connectivity index (χ0) is 21.4. The molecular formula is C19H21F3N2O3S. The van der Waals surface area contributed by atoms with Gasteiger partial charge in [-0.05, 0) is 62.1 Å². The second-order valence-electron chi connectivity index (χ2n) is 6.62. The minimum Gasteiger partial charge on any atom is -0.322 e. The van der Waals surface area contributed by atoms with Crippen LogP contribution in [0.15, 0.2) is 23.1 Å². The molecule has 0 aliphatic carbocycles. The Bertz CT molecular complexity index is 1030. The van der Waals surface area contributed by atoms with Gasteiger partial charge < -0.3 is 5.32 Å². The molecule has 0 aliphatic rings. The highest BCUT2D eigenvalue weighted by Crippen LogP contribution is 2.28. The third-order valence-electron chi connectivity index (χ3n) is 4.64. The van der Waals surface area contributed by atoms with Gasteiger partial charge in [-0.2, -0.15) is 4.31 Å². The Morgan fingerprint density at radius 1 is 1.00 bits per heavy atom. The molecule has 2 rings (SSSR count). The molecule has 0 atom stereocenters. The molecule has 28 heavy (non-hydrogen) atoms. The first kappa shape index (κ1) is 21.9. The fraction of sp³-hybridized carbons (Fsp3) is 0.316. The fourth-order valence-electron chi connectivity index (χ4n) is 2.82. The Labute approximate surface area is 162 Å². The van der Waals surface area contributed by atoms with Gasteiger partial charge in [0, 0.05) is 7.05 Å². The number of benzene rings is 2. The summed E-state index contributed by atoms with van der Waals surface area (Å²) < 4.78 is 66.8. The number of amides is 1. The van der Waals surface area contributed by atoms with E-state index < -0.39 is 45.6 Å². The van der Waals surface area contributed by atoms with Crippen molar-refractivity contribution in [3.05, 3.63) is 57.9 Å². The quantitative estimate of drug-likeness (QED) is 0.761. The zero-order valence-corrected chi connectivity index (χ0v) is 17.0. The number of nitrogens with one attached hydrogen (secondary N) is 1. The number of hydrogen-bond acceptors (Lipinski definition) is 3. The van der Waals surface area contributed by atoms with Crippen molar-refractivity contribution in [3.8, 4) is 0 Å². The minimum atomic E-state index is -4.01. The van der Waals surface area contributed by atoms with Crippen LogP contribution in [0.4, 0.5) is 18.9 Å². The number of likely N-dealkylation sites (N-methyl/N-ethyl adjacent to an activating group) is 1. The van der Waals surface area contributed by atoms with Crippen LogP contribution >= 0.6 is 0 Å². The van der Waals surface area contributed by atoms with E-state index in [1.54, 1.807) is 27.7 Å². The largest absolute Gasteiger partial charge is 0.322 e. The molecule has 0 unspecified atom stereocenters. The van der Waals surface area contributed by atoms with E-state index in [2.05, 4.69) is 5.32 Å². The van der Waals surface area contributed by atoms with E-state index in [1.807, 2.05) is 6.07 Å². The number of nitrogens with zero attached hydrogens (tertiary/aromatic N) is 1. The van der Waals surface area contributed by atoms with Crippen molar-refractivity contribution in [2.24, 2.45) is 0 Å². The molecule has 1 N–H and O–H groups in total. The Morgan fingerprint density at radius 2 is 1.54 bits per heavy atom. The number of sulfonamides is 1. The van der Waals surface area contributed by atoms with E-state index in [4.69, 9.17) is 0 Å². The van der Waals surface area contributed by atoms with Gasteiger partial charge in [0.15, 0.2) is 17.5 Å². The van der Waals surface area contributed by atoms with E-state index in [1.165, 1.54) is 7.05 Å². The molecule has 9 heteroatoms. The number of carbonyl (C=O) groups is 1. The first-order valence-electron chi connectivity index (χ1n) is 8.35. The Morgan fingerprint density at radius 3 is 2.07 bits per heavy atom. The molecular weight excluding hydrogens is 393 g/mol. The third kappa shape index (κ3) is 4.05. The third-order valence-corrected chi connectivity index (χ3v) is 6.72. The van der Waals surface area contributed by atoms with E-state index in [-0.39, 0.29) is 4.90 Å². The highest BCUT2D eigenvalue weighted by molar-refractivity contribution is 7.89. The number of aryl methyl sites for hydroxylation is 2. The number of halogens is 3. The maximum atomic E-state index is 13.7. The maximum Gasteiger partial charge on any atom is 0.243 e. The average Bonchev–Trinajstić information content (AvgIpc) is 2.60. The summed E-state index contributed by atoms with van der Waals surface area (Å²) in [6.45, 7) is 6.31. The zero-order valence-electron chi connectivity index (χ0n) is 16.2. The highest BCUT2D eigenvalue weighted by Gasteiger charge is 2.28. The standard InChI is InChI=1S/C19H21F3N2O3S/c1-10-8-11(2)13(4)19(12(10)3)28(26,27)24(5)9-16(25)23-15-7-6-14(20)17(21)18(15)22/h6-8H,9H2,1-5H3,(H,23,25). The van der Waals surface area contributed by atoms with Crippen LogP contribution in [0.2, 0.25) is 0 Å². The summed E-state index contributed by atoms with van der Waals surface area (Å²) in [4.78, 5) is 12.3. The summed E-state index contributed by atoms with van der Waals surface area (Å²) >= 11 is 0. The molecule has 0 saturated heterocycles. The summed E-state index contributed by atoms with van der Waals surface area (Å²) in [6.07, 6.45) is 0. The van der Waals surface area contributed by atoms with Gasteiger partial charge in [-0.15, -0.1) is 0 Å². The number of carbonyl (C=O) groups excluding carboxylic acids is 1. The summed E-state index contributed by atoms with van der Waals surface area (Å²) in [6, 6.07) is 3.40. The number of anilines is 1. The Hall–Kier alpha value is -2.39. The second-order valence-corrected chi connectivity index (χ2v) is 8.60. The van der Waals surface area contributed by atoms with Crippen molar-refractivity contribution in [1.29, 1.82) is 0 Å². The molecule has 0 aliphatic heterocycles. The summed E-state index contributed by atoms with van der Waals surface area (Å²) in [5.74, 6) is -5.56. The summed E-state index contributed by atoms with van der Waals surface area (Å²) in [7, 11) is -2.80. The van der Waals surface area contributed by atoms with Crippen molar-refractivity contribution in [3.63, 3.8) is 0 Å². The van der Waals surface area contributed by atoms with Crippen LogP contribution in [0, 0.1) is 45.1 Å². The van der Waals surface area contributed by atoms with Crippen molar-refractivity contribution in [2.45, 2.75) is 32.6 Å². The van der Waals surface area contributed by atoms with Crippen LogP contribution in [-0.2, 0) is 14.8 Å². The topological polar surface area (TPSA) is 66.5 Å². The highest BCUT2D eigenvalue weighted by atomic mass is 32.2. The predicted molar refractivity (Wildman–Crippen MR) is 100 cm³/mol. The monoisotopic (exact) mass is 414 g/mol. The van der Waals surface area contributed by atoms with Crippen LogP contribution in [0.5, 0.6) is 0 Å². The normalized spacial score (nSPS) is 11.8. The molecule has 0 spiro atoms. The van der Waals surface area contributed by atoms with Gasteiger partial charge in [-0.3, -0.25) is 4.79 Å². The van der Waals surface area contributed by atoms with Gasteiger partial charge in [0.2, 0.25) is 15.9 Å². The predicted octanol–water partition coefficient (Wildman–Crippen LogP) is 3.60. The van der Waals surface area contributed by atoms with E-state index >= 15 is 0 Å². The van der Waals surface area contributed by atoms with Gasteiger partial charge in [0.1, 0.15) is 0 Å². The molecule has 152 valence electrons. The van der Waals surface area contributed by atoms with Gasteiger partial charge in [-0.25, -0.2) is 21.6 Å². The van der Waals surface area contributed by atoms with Crippen LogP contribution < -0.4 is 5.32 Å². The van der Waals surface area contributed by atoms with Gasteiger partial charge in [0.05, 0.1) is 17.1 Å². The van der Waals surface area contributed by atoms with Gasteiger partial charge in [-0.1, -0.05) is 6.07 Å². The molecule has 0 heterocycles. The van der Waals surface area contributed by atoms with Crippen LogP contribution in [0.1, 0.15) is 22.3 Å². The lowest BCUT2D eigenvalue weighted by Gasteiger charge is -2.22. The maximum absolute atomic E-state index is 13.7. The van der Waals surface area contributed by atoms with E-state index in [9.17, 15) is 26.4 Å². The van der Waals surface area contributed by atoms with Gasteiger partial charge in [0.25, 0.3) is 0 Å². The first-order chi connectivity index (χ1) is 12.9. The molecule has 0 fully saturated rings. The van der Waals surface area contributed by atoms with Gasteiger partial charge >= 0.3 is 0 Å². The molecule has 0 bridgehead atoms.